The van der Waals surface area contributed by atoms with E-state index in [0.29, 0.717) is 0 Å². The number of rotatable bonds is 8. The lowest BCUT2D eigenvalue weighted by molar-refractivity contribution is 0.619. The molecule has 0 aliphatic carbocycles. The minimum absolute atomic E-state index is 1.05. The molecule has 86 valence electrons. The van der Waals surface area contributed by atoms with Crippen LogP contribution in [0.3, 0.4) is 0 Å². The second kappa shape index (κ2) is 7.77. The summed E-state index contributed by atoms with van der Waals surface area (Å²) in [5.74, 6) is 1.28. The number of hydrogen-bond acceptors (Lipinski definition) is 3. The second-order valence-corrected chi connectivity index (χ2v) is 4.63. The van der Waals surface area contributed by atoms with Crippen LogP contribution in [0, 0.1) is 0 Å². The predicted octanol–water partition coefficient (Wildman–Crippen LogP) is 1.70. The summed E-state index contributed by atoms with van der Waals surface area (Å²) in [6, 6.07) is 2.08. The Balaban J connectivity index is 1.96. The van der Waals surface area contributed by atoms with Gasteiger partial charge in [0.1, 0.15) is 0 Å². The minimum Gasteiger partial charge on any atom is -0.316 e. The Labute approximate surface area is 96.6 Å². The van der Waals surface area contributed by atoms with Crippen LogP contribution in [0.2, 0.25) is 0 Å². The van der Waals surface area contributed by atoms with Gasteiger partial charge in [-0.2, -0.15) is 16.9 Å². The van der Waals surface area contributed by atoms with E-state index in [2.05, 4.69) is 22.7 Å². The number of aromatic nitrogens is 2. The van der Waals surface area contributed by atoms with Crippen LogP contribution in [0.4, 0.5) is 0 Å². The average molecular weight is 227 g/mol. The summed E-state index contributed by atoms with van der Waals surface area (Å²) in [6.07, 6.45) is 7.69. The fourth-order valence-electron chi connectivity index (χ4n) is 1.48. The van der Waals surface area contributed by atoms with Crippen LogP contribution >= 0.6 is 11.8 Å². The fraction of sp³-hybridized carbons (Fsp3) is 0.727. The third-order valence-electron chi connectivity index (χ3n) is 2.43. The summed E-state index contributed by atoms with van der Waals surface area (Å²) in [7, 11) is 1.99. The maximum atomic E-state index is 4.14. The maximum Gasteiger partial charge on any atom is 0.0492 e. The van der Waals surface area contributed by atoms with Crippen molar-refractivity contribution in [2.75, 3.05) is 25.1 Å². The zero-order valence-corrected chi connectivity index (χ0v) is 10.5. The smallest absolute Gasteiger partial charge is 0.0492 e. The minimum atomic E-state index is 1.05. The number of thioether (sulfide) groups is 1. The molecule has 0 saturated heterocycles. The highest BCUT2D eigenvalue weighted by atomic mass is 32.2. The normalized spacial score (nSPS) is 10.8. The van der Waals surface area contributed by atoms with Crippen LogP contribution in [0.25, 0.3) is 0 Å². The Kier molecular flexibility index (Phi) is 6.52. The lowest BCUT2D eigenvalue weighted by atomic mass is 10.3. The molecule has 1 rings (SSSR count). The van der Waals surface area contributed by atoms with Gasteiger partial charge in [-0.3, -0.25) is 4.68 Å². The Morgan fingerprint density at radius 2 is 2.27 bits per heavy atom. The highest BCUT2D eigenvalue weighted by molar-refractivity contribution is 7.98. The van der Waals surface area contributed by atoms with Crippen molar-refractivity contribution in [3.05, 3.63) is 18.0 Å². The van der Waals surface area contributed by atoms with E-state index in [-0.39, 0.29) is 0 Å². The van der Waals surface area contributed by atoms with Crippen LogP contribution in [-0.2, 0) is 13.5 Å². The molecule has 1 N–H and O–H groups in total. The van der Waals surface area contributed by atoms with Crippen LogP contribution in [0.15, 0.2) is 12.3 Å². The molecule has 0 atom stereocenters. The van der Waals surface area contributed by atoms with E-state index in [4.69, 9.17) is 0 Å². The molecule has 0 aliphatic heterocycles. The highest BCUT2D eigenvalue weighted by Crippen LogP contribution is 1.98. The van der Waals surface area contributed by atoms with E-state index in [1.165, 1.54) is 24.3 Å². The summed E-state index contributed by atoms with van der Waals surface area (Å²) in [4.78, 5) is 0. The van der Waals surface area contributed by atoms with Gasteiger partial charge in [-0.1, -0.05) is 0 Å². The molecular formula is C11H21N3S. The molecule has 1 heterocycles. The molecule has 0 bridgehead atoms. The van der Waals surface area contributed by atoms with Gasteiger partial charge in [0.25, 0.3) is 0 Å². The molecular weight excluding hydrogens is 206 g/mol. The molecule has 0 unspecified atom stereocenters. The summed E-state index contributed by atoms with van der Waals surface area (Å²) in [5, 5.41) is 7.60. The molecule has 4 heteroatoms. The third-order valence-corrected chi connectivity index (χ3v) is 3.13. The van der Waals surface area contributed by atoms with E-state index < -0.39 is 0 Å². The van der Waals surface area contributed by atoms with Gasteiger partial charge in [0, 0.05) is 31.9 Å². The van der Waals surface area contributed by atoms with E-state index >= 15 is 0 Å². The first-order chi connectivity index (χ1) is 7.34. The van der Waals surface area contributed by atoms with Gasteiger partial charge < -0.3 is 5.32 Å². The molecule has 15 heavy (non-hydrogen) atoms. The quantitative estimate of drug-likeness (QED) is 0.686. The first-order valence-corrected chi connectivity index (χ1v) is 6.90. The molecule has 0 spiro atoms. The van der Waals surface area contributed by atoms with E-state index in [1.807, 2.05) is 29.7 Å². The molecule has 0 aromatic carbocycles. The number of hydrogen-bond donors (Lipinski definition) is 1. The van der Waals surface area contributed by atoms with Gasteiger partial charge in [-0.25, -0.2) is 0 Å². The summed E-state index contributed by atoms with van der Waals surface area (Å²) >= 11 is 1.93. The van der Waals surface area contributed by atoms with E-state index in [0.717, 1.165) is 19.5 Å². The van der Waals surface area contributed by atoms with Gasteiger partial charge in [0.2, 0.25) is 0 Å². The monoisotopic (exact) mass is 227 g/mol. The van der Waals surface area contributed by atoms with Gasteiger partial charge in [-0.15, -0.1) is 0 Å². The van der Waals surface area contributed by atoms with Crippen molar-refractivity contribution in [3.63, 3.8) is 0 Å². The first-order valence-electron chi connectivity index (χ1n) is 5.51. The number of nitrogens with one attached hydrogen (secondary N) is 1. The van der Waals surface area contributed by atoms with E-state index in [1.54, 1.807) is 0 Å². The number of unbranched alkanes of at least 4 members (excludes halogenated alkanes) is 1. The SMILES string of the molecule is CSCCCCNCCc1ccnn1C. The molecule has 0 radical (unpaired) electrons. The number of aryl methyl sites for hydroxylation is 1. The summed E-state index contributed by atoms with van der Waals surface area (Å²) in [6.45, 7) is 2.19. The van der Waals surface area contributed by atoms with Crippen LogP contribution in [0.1, 0.15) is 18.5 Å². The van der Waals surface area contributed by atoms with Crippen molar-refractivity contribution in [2.45, 2.75) is 19.3 Å². The van der Waals surface area contributed by atoms with Crippen molar-refractivity contribution in [2.24, 2.45) is 7.05 Å². The molecule has 0 aliphatic rings. The van der Waals surface area contributed by atoms with Crippen molar-refractivity contribution < 1.29 is 0 Å². The summed E-state index contributed by atoms with van der Waals surface area (Å²) in [5.41, 5.74) is 1.30. The predicted molar refractivity (Wildman–Crippen MR) is 67.4 cm³/mol. The molecule has 0 saturated carbocycles. The highest BCUT2D eigenvalue weighted by Gasteiger charge is 1.96. The largest absolute Gasteiger partial charge is 0.316 e. The van der Waals surface area contributed by atoms with Crippen molar-refractivity contribution >= 4 is 11.8 Å². The van der Waals surface area contributed by atoms with Gasteiger partial charge in [0.15, 0.2) is 0 Å². The van der Waals surface area contributed by atoms with Crippen LogP contribution < -0.4 is 5.32 Å². The Bertz CT molecular complexity index is 260. The van der Waals surface area contributed by atoms with Gasteiger partial charge >= 0.3 is 0 Å². The number of nitrogens with zero attached hydrogens (tertiary/aromatic N) is 2. The average Bonchev–Trinajstić information content (AvgIpc) is 2.63. The van der Waals surface area contributed by atoms with Crippen LogP contribution in [0.5, 0.6) is 0 Å². The molecule has 3 nitrogen and oxygen atoms in total. The molecule has 0 amide bonds. The van der Waals surface area contributed by atoms with Crippen molar-refractivity contribution in [3.8, 4) is 0 Å². The van der Waals surface area contributed by atoms with Gasteiger partial charge in [-0.05, 0) is 37.5 Å². The lowest BCUT2D eigenvalue weighted by Gasteiger charge is -2.04. The molecule has 1 aromatic heterocycles. The van der Waals surface area contributed by atoms with Crippen molar-refractivity contribution in [1.29, 1.82) is 0 Å². The Morgan fingerprint density at radius 3 is 2.93 bits per heavy atom. The zero-order valence-electron chi connectivity index (χ0n) is 9.70. The molecule has 1 aromatic rings. The Morgan fingerprint density at radius 1 is 1.40 bits per heavy atom. The lowest BCUT2D eigenvalue weighted by Crippen LogP contribution is -2.19. The Hall–Kier alpha value is -0.480. The zero-order chi connectivity index (χ0) is 10.9. The topological polar surface area (TPSA) is 29.9 Å². The van der Waals surface area contributed by atoms with Crippen LogP contribution in [-0.4, -0.2) is 34.9 Å². The first kappa shape index (κ1) is 12.6. The van der Waals surface area contributed by atoms with E-state index in [9.17, 15) is 0 Å². The van der Waals surface area contributed by atoms with Gasteiger partial charge in [0.05, 0.1) is 0 Å². The third kappa shape index (κ3) is 5.23. The second-order valence-electron chi connectivity index (χ2n) is 3.65. The van der Waals surface area contributed by atoms with Crippen molar-refractivity contribution in [1.82, 2.24) is 15.1 Å². The molecule has 0 fully saturated rings. The fourth-order valence-corrected chi connectivity index (χ4v) is 1.98. The standard InChI is InChI=1S/C11H21N3S/c1-14-11(6-9-13-14)5-8-12-7-3-4-10-15-2/h6,9,12H,3-5,7-8,10H2,1-2H3. The maximum absolute atomic E-state index is 4.14. The summed E-state index contributed by atoms with van der Waals surface area (Å²) < 4.78 is 1.94.